The molecule has 1 aromatic heterocycles. The van der Waals surface area contributed by atoms with Gasteiger partial charge in [0.1, 0.15) is 4.90 Å². The summed E-state index contributed by atoms with van der Waals surface area (Å²) in [4.78, 5) is -1.20. The standard InChI is InChI=1S/C6H7F3N2O3S/c1-3-4(15(12,13)14)5(6(7,8)9)10-11(3)2/h1-2H3,(H,12,13,14). The van der Waals surface area contributed by atoms with E-state index in [1.165, 1.54) is 0 Å². The Labute approximate surface area is 83.3 Å². The van der Waals surface area contributed by atoms with Crippen LogP contribution in [0.15, 0.2) is 4.90 Å². The lowest BCUT2D eigenvalue weighted by molar-refractivity contribution is -0.143. The summed E-state index contributed by atoms with van der Waals surface area (Å²) < 4.78 is 67.8. The van der Waals surface area contributed by atoms with Crippen LogP contribution in [0.2, 0.25) is 0 Å². The molecule has 9 heteroatoms. The van der Waals surface area contributed by atoms with Crippen molar-refractivity contribution in [2.24, 2.45) is 7.05 Å². The number of aromatic nitrogens is 2. The average molecular weight is 244 g/mol. The van der Waals surface area contributed by atoms with E-state index in [4.69, 9.17) is 4.55 Å². The highest BCUT2D eigenvalue weighted by Crippen LogP contribution is 2.34. The van der Waals surface area contributed by atoms with Crippen molar-refractivity contribution in [3.05, 3.63) is 11.4 Å². The lowest BCUT2D eigenvalue weighted by Gasteiger charge is -2.03. The van der Waals surface area contributed by atoms with Gasteiger partial charge in [0.25, 0.3) is 10.1 Å². The molecule has 0 atom stereocenters. The Morgan fingerprint density at radius 2 is 1.87 bits per heavy atom. The molecule has 0 aliphatic rings. The lowest BCUT2D eigenvalue weighted by Crippen LogP contribution is -2.12. The van der Waals surface area contributed by atoms with Gasteiger partial charge in [-0.25, -0.2) is 0 Å². The third-order valence-corrected chi connectivity index (χ3v) is 2.81. The van der Waals surface area contributed by atoms with E-state index in [2.05, 4.69) is 5.10 Å². The quantitative estimate of drug-likeness (QED) is 0.748. The van der Waals surface area contributed by atoms with Crippen molar-refractivity contribution in [2.45, 2.75) is 18.0 Å². The van der Waals surface area contributed by atoms with Gasteiger partial charge in [-0.15, -0.1) is 0 Å². The summed E-state index contributed by atoms with van der Waals surface area (Å²) in [5.74, 6) is 0. The molecule has 1 N–H and O–H groups in total. The number of rotatable bonds is 1. The van der Waals surface area contributed by atoms with Gasteiger partial charge < -0.3 is 0 Å². The summed E-state index contributed by atoms with van der Waals surface area (Å²) in [5, 5.41) is 3.00. The number of nitrogens with zero attached hydrogens (tertiary/aromatic N) is 2. The monoisotopic (exact) mass is 244 g/mol. The van der Waals surface area contributed by atoms with Gasteiger partial charge in [-0.1, -0.05) is 0 Å². The number of hydrogen-bond acceptors (Lipinski definition) is 3. The minimum absolute atomic E-state index is 0.273. The van der Waals surface area contributed by atoms with Gasteiger partial charge in [0.05, 0.1) is 5.69 Å². The van der Waals surface area contributed by atoms with Crippen LogP contribution in [0, 0.1) is 6.92 Å². The molecule has 5 nitrogen and oxygen atoms in total. The zero-order valence-corrected chi connectivity index (χ0v) is 8.52. The summed E-state index contributed by atoms with van der Waals surface area (Å²) in [6.45, 7) is 1.12. The topological polar surface area (TPSA) is 72.2 Å². The molecular weight excluding hydrogens is 237 g/mol. The number of aryl methyl sites for hydroxylation is 1. The maximum absolute atomic E-state index is 12.3. The van der Waals surface area contributed by atoms with Crippen molar-refractivity contribution < 1.29 is 26.1 Å². The molecule has 0 aliphatic carbocycles. The predicted octanol–water partition coefficient (Wildman–Crippen LogP) is 0.994. The zero-order valence-electron chi connectivity index (χ0n) is 7.70. The van der Waals surface area contributed by atoms with E-state index in [0.29, 0.717) is 0 Å². The van der Waals surface area contributed by atoms with Crippen LogP contribution in [0.4, 0.5) is 13.2 Å². The van der Waals surface area contributed by atoms with Gasteiger partial charge in [0, 0.05) is 7.05 Å². The summed E-state index contributed by atoms with van der Waals surface area (Å²) in [5.41, 5.74) is -1.88. The largest absolute Gasteiger partial charge is 0.436 e. The van der Waals surface area contributed by atoms with Gasteiger partial charge in [-0.3, -0.25) is 9.23 Å². The van der Waals surface area contributed by atoms with Gasteiger partial charge >= 0.3 is 6.18 Å². The Kier molecular flexibility index (Phi) is 2.56. The van der Waals surface area contributed by atoms with Gasteiger partial charge in [0.15, 0.2) is 5.69 Å². The smallest absolute Gasteiger partial charge is 0.282 e. The fourth-order valence-corrected chi connectivity index (χ4v) is 1.99. The molecule has 86 valence electrons. The highest BCUT2D eigenvalue weighted by atomic mass is 32.2. The Hall–Kier alpha value is -1.09. The molecule has 0 saturated carbocycles. The molecule has 0 unspecified atom stereocenters. The second kappa shape index (κ2) is 3.20. The van der Waals surface area contributed by atoms with Crippen molar-refractivity contribution in [3.8, 4) is 0 Å². The second-order valence-corrected chi connectivity index (χ2v) is 4.22. The van der Waals surface area contributed by atoms with Crippen molar-refractivity contribution in [1.82, 2.24) is 9.78 Å². The van der Waals surface area contributed by atoms with E-state index in [1.54, 1.807) is 0 Å². The van der Waals surface area contributed by atoms with E-state index in [9.17, 15) is 21.6 Å². The summed E-state index contributed by atoms with van der Waals surface area (Å²) in [6, 6.07) is 0. The number of halogens is 3. The highest BCUT2D eigenvalue weighted by Gasteiger charge is 2.42. The van der Waals surface area contributed by atoms with Crippen LogP contribution in [0.1, 0.15) is 11.4 Å². The fraction of sp³-hybridized carbons (Fsp3) is 0.500. The first kappa shape index (κ1) is 12.0. The van der Waals surface area contributed by atoms with Crippen LogP contribution < -0.4 is 0 Å². The number of alkyl halides is 3. The van der Waals surface area contributed by atoms with E-state index in [0.717, 1.165) is 18.7 Å². The number of hydrogen-bond donors (Lipinski definition) is 1. The maximum atomic E-state index is 12.3. The maximum Gasteiger partial charge on any atom is 0.436 e. The molecule has 0 radical (unpaired) electrons. The highest BCUT2D eigenvalue weighted by molar-refractivity contribution is 7.86. The van der Waals surface area contributed by atoms with Crippen molar-refractivity contribution in [2.75, 3.05) is 0 Å². The third kappa shape index (κ3) is 2.12. The molecule has 0 saturated heterocycles. The average Bonchev–Trinajstić information content (AvgIpc) is 2.25. The first-order chi connectivity index (χ1) is 6.55. The molecule has 15 heavy (non-hydrogen) atoms. The van der Waals surface area contributed by atoms with Crippen LogP contribution in [0.3, 0.4) is 0 Å². The lowest BCUT2D eigenvalue weighted by atomic mass is 10.3. The second-order valence-electron chi connectivity index (χ2n) is 2.86. The van der Waals surface area contributed by atoms with Crippen LogP contribution in [0.25, 0.3) is 0 Å². The van der Waals surface area contributed by atoms with Gasteiger partial charge in [-0.2, -0.15) is 26.7 Å². The minimum Gasteiger partial charge on any atom is -0.282 e. The van der Waals surface area contributed by atoms with Crippen LogP contribution in [-0.4, -0.2) is 22.8 Å². The Balaban J connectivity index is 3.63. The normalized spacial score (nSPS) is 13.2. The zero-order chi connectivity index (χ0) is 12.0. The van der Waals surface area contributed by atoms with Gasteiger partial charge in [-0.05, 0) is 6.92 Å². The molecule has 0 aliphatic heterocycles. The van der Waals surface area contributed by atoms with Crippen molar-refractivity contribution >= 4 is 10.1 Å². The summed E-state index contributed by atoms with van der Waals surface area (Å²) >= 11 is 0. The first-order valence-corrected chi connectivity index (χ1v) is 5.07. The molecule has 0 amide bonds. The molecular formula is C6H7F3N2O3S. The fourth-order valence-electron chi connectivity index (χ4n) is 1.08. The molecule has 1 aromatic rings. The molecule has 0 fully saturated rings. The molecule has 1 rings (SSSR count). The van der Waals surface area contributed by atoms with Crippen LogP contribution >= 0.6 is 0 Å². The van der Waals surface area contributed by atoms with E-state index >= 15 is 0 Å². The summed E-state index contributed by atoms with van der Waals surface area (Å²) in [7, 11) is -3.78. The minimum atomic E-state index is -4.93. The van der Waals surface area contributed by atoms with E-state index in [-0.39, 0.29) is 5.69 Å². The molecule has 1 heterocycles. The molecule has 0 bridgehead atoms. The van der Waals surface area contributed by atoms with E-state index in [1.807, 2.05) is 0 Å². The first-order valence-electron chi connectivity index (χ1n) is 3.63. The Morgan fingerprint density at radius 3 is 2.13 bits per heavy atom. The van der Waals surface area contributed by atoms with Crippen molar-refractivity contribution in [3.63, 3.8) is 0 Å². The van der Waals surface area contributed by atoms with Crippen molar-refractivity contribution in [1.29, 1.82) is 0 Å². The Bertz CT molecular complexity index is 488. The van der Waals surface area contributed by atoms with Gasteiger partial charge in [0.2, 0.25) is 0 Å². The van der Waals surface area contributed by atoms with Crippen LogP contribution in [0.5, 0.6) is 0 Å². The van der Waals surface area contributed by atoms with Crippen LogP contribution in [-0.2, 0) is 23.3 Å². The van der Waals surface area contributed by atoms with E-state index < -0.39 is 26.9 Å². The molecule has 0 aromatic carbocycles. The molecule has 0 spiro atoms. The Morgan fingerprint density at radius 1 is 1.40 bits per heavy atom. The summed E-state index contributed by atoms with van der Waals surface area (Å²) in [6.07, 6.45) is -4.92. The predicted molar refractivity (Wildman–Crippen MR) is 42.8 cm³/mol. The SMILES string of the molecule is Cc1c(S(=O)(=O)O)c(C(F)(F)F)nn1C. The third-order valence-electron chi connectivity index (χ3n) is 1.81.